The highest BCUT2D eigenvalue weighted by atomic mass is 16.7. The normalized spacial score (nSPS) is 53.8. The van der Waals surface area contributed by atoms with E-state index in [9.17, 15) is 61.3 Å². The summed E-state index contributed by atoms with van der Waals surface area (Å²) in [6.07, 6.45) is -27.6. The number of rotatable bonds is 11. The van der Waals surface area contributed by atoms with Crippen molar-refractivity contribution in [2.45, 2.75) is 167 Å². The first-order valence-corrected chi connectivity index (χ1v) is 18.8. The molecule has 12 N–H and O–H groups in total. The van der Waals surface area contributed by atoms with Gasteiger partial charge in [-0.05, 0) is 31.6 Å². The molecule has 6 aliphatic rings. The van der Waals surface area contributed by atoms with Crippen LogP contribution < -0.4 is 0 Å². The quantitative estimate of drug-likeness (QED) is 0.0924. The Bertz CT molecular complexity index is 1190. The Morgan fingerprint density at radius 3 is 1.69 bits per heavy atom. The molecular weight excluding hydrogens is 744 g/mol. The average Bonchev–Trinajstić information content (AvgIpc) is 3.17. The van der Waals surface area contributed by atoms with Crippen molar-refractivity contribution in [2.75, 3.05) is 34.0 Å². The molecule has 0 spiro atoms. The number of ether oxygens (including phenoxy) is 9. The Morgan fingerprint density at radius 1 is 0.527 bits per heavy atom. The van der Waals surface area contributed by atoms with Crippen molar-refractivity contribution >= 4 is 0 Å². The molecular formula is C34H58O21. The lowest BCUT2D eigenvalue weighted by atomic mass is 9.72. The van der Waals surface area contributed by atoms with Crippen LogP contribution in [0.25, 0.3) is 0 Å². The molecule has 22 unspecified atom stereocenters. The lowest BCUT2D eigenvalue weighted by Crippen LogP contribution is -2.64. The van der Waals surface area contributed by atoms with E-state index in [-0.39, 0.29) is 25.9 Å². The van der Waals surface area contributed by atoms with Crippen LogP contribution in [0.5, 0.6) is 0 Å². The van der Waals surface area contributed by atoms with Gasteiger partial charge in [-0.15, -0.1) is 0 Å². The zero-order valence-electron chi connectivity index (χ0n) is 30.6. The van der Waals surface area contributed by atoms with Gasteiger partial charge in [0.05, 0.1) is 62.5 Å². The highest BCUT2D eigenvalue weighted by molar-refractivity contribution is 5.02. The number of hydrogen-bond acceptors (Lipinski definition) is 21. The Kier molecular flexibility index (Phi) is 14.8. The lowest BCUT2D eigenvalue weighted by Gasteiger charge is -2.53. The van der Waals surface area contributed by atoms with Crippen molar-refractivity contribution in [3.8, 4) is 0 Å². The fourth-order valence-corrected chi connectivity index (χ4v) is 8.83. The van der Waals surface area contributed by atoms with Gasteiger partial charge in [-0.2, -0.15) is 0 Å². The molecule has 4 saturated heterocycles. The summed E-state index contributed by atoms with van der Waals surface area (Å²) in [6.45, 7) is -1.54. The molecule has 6 fully saturated rings. The van der Waals surface area contributed by atoms with Gasteiger partial charge in [0.2, 0.25) is 0 Å². The zero-order valence-corrected chi connectivity index (χ0v) is 30.6. The Labute approximate surface area is 316 Å². The molecule has 0 bridgehead atoms. The second kappa shape index (κ2) is 18.6. The molecule has 2 saturated carbocycles. The lowest BCUT2D eigenvalue weighted by molar-refractivity contribution is -0.350. The SMILES string of the molecule is COC1CC(C2OC3CC(O)CC(OC4OC(CO)C(O)C(O)C4O)C3CC2OC2OC(COC3OCC(O)C(O)C3O)C(O)C(O)C2O)CC(OC)C1O. The number of aliphatic hydroxyl groups is 12. The van der Waals surface area contributed by atoms with E-state index in [1.165, 1.54) is 14.2 Å². The monoisotopic (exact) mass is 802 g/mol. The second-order valence-corrected chi connectivity index (χ2v) is 15.6. The summed E-state index contributed by atoms with van der Waals surface area (Å²) in [5.74, 6) is -0.972. The van der Waals surface area contributed by atoms with E-state index in [2.05, 4.69) is 0 Å². The summed E-state index contributed by atoms with van der Waals surface area (Å²) in [5.41, 5.74) is 0. The van der Waals surface area contributed by atoms with Crippen molar-refractivity contribution in [3.05, 3.63) is 0 Å². The van der Waals surface area contributed by atoms with E-state index >= 15 is 0 Å². The molecule has 4 heterocycles. The second-order valence-electron chi connectivity index (χ2n) is 15.6. The first-order chi connectivity index (χ1) is 26.2. The fraction of sp³-hybridized carbons (Fsp3) is 1.00. The first-order valence-electron chi connectivity index (χ1n) is 18.8. The summed E-state index contributed by atoms with van der Waals surface area (Å²) in [6, 6.07) is 0. The predicted octanol–water partition coefficient (Wildman–Crippen LogP) is -6.45. The summed E-state index contributed by atoms with van der Waals surface area (Å²) in [7, 11) is 2.91. The van der Waals surface area contributed by atoms with E-state index in [1.54, 1.807) is 0 Å². The Hall–Kier alpha value is -0.840. The Balaban J connectivity index is 1.23. The van der Waals surface area contributed by atoms with Gasteiger partial charge in [0.25, 0.3) is 0 Å². The molecule has 22 atom stereocenters. The van der Waals surface area contributed by atoms with E-state index in [4.69, 9.17) is 42.6 Å². The van der Waals surface area contributed by atoms with Gasteiger partial charge in [-0.25, -0.2) is 0 Å². The smallest absolute Gasteiger partial charge is 0.187 e. The van der Waals surface area contributed by atoms with Gasteiger partial charge in [-0.1, -0.05) is 0 Å². The molecule has 0 aromatic rings. The average molecular weight is 803 g/mol. The summed E-state index contributed by atoms with van der Waals surface area (Å²) in [5, 5.41) is 126. The molecule has 4 aliphatic heterocycles. The van der Waals surface area contributed by atoms with Crippen LogP contribution >= 0.6 is 0 Å². The van der Waals surface area contributed by atoms with Crippen LogP contribution in [0.15, 0.2) is 0 Å². The molecule has 0 amide bonds. The third kappa shape index (κ3) is 9.17. The van der Waals surface area contributed by atoms with E-state index in [0.29, 0.717) is 12.8 Å². The number of hydrogen-bond donors (Lipinski definition) is 12. The molecule has 0 aromatic carbocycles. The number of aliphatic hydroxyl groups excluding tert-OH is 12. The Morgan fingerprint density at radius 2 is 1.09 bits per heavy atom. The van der Waals surface area contributed by atoms with Crippen LogP contribution in [-0.2, 0) is 42.6 Å². The van der Waals surface area contributed by atoms with Crippen LogP contribution in [0.1, 0.15) is 32.1 Å². The molecule has 55 heavy (non-hydrogen) atoms. The molecule has 0 radical (unpaired) electrons. The summed E-state index contributed by atoms with van der Waals surface area (Å²) in [4.78, 5) is 0. The van der Waals surface area contributed by atoms with Crippen LogP contribution in [0, 0.1) is 11.8 Å². The van der Waals surface area contributed by atoms with Crippen LogP contribution in [0.2, 0.25) is 0 Å². The fourth-order valence-electron chi connectivity index (χ4n) is 8.83. The van der Waals surface area contributed by atoms with Crippen LogP contribution in [0.3, 0.4) is 0 Å². The minimum atomic E-state index is -1.81. The van der Waals surface area contributed by atoms with Crippen molar-refractivity contribution < 1.29 is 104 Å². The van der Waals surface area contributed by atoms with Crippen molar-refractivity contribution in [1.82, 2.24) is 0 Å². The van der Waals surface area contributed by atoms with Crippen LogP contribution in [0.4, 0.5) is 0 Å². The minimum absolute atomic E-state index is 0.0394. The molecule has 320 valence electrons. The minimum Gasteiger partial charge on any atom is -0.394 e. The maximum absolute atomic E-state index is 11.1. The molecule has 6 rings (SSSR count). The molecule has 21 nitrogen and oxygen atoms in total. The third-order valence-corrected chi connectivity index (χ3v) is 12.1. The van der Waals surface area contributed by atoms with Gasteiger partial charge < -0.3 is 104 Å². The number of methoxy groups -OCH3 is 2. The van der Waals surface area contributed by atoms with Gasteiger partial charge in [0.15, 0.2) is 18.9 Å². The van der Waals surface area contributed by atoms with Gasteiger partial charge in [-0.3, -0.25) is 0 Å². The summed E-state index contributed by atoms with van der Waals surface area (Å²) >= 11 is 0. The van der Waals surface area contributed by atoms with Crippen molar-refractivity contribution in [2.24, 2.45) is 11.8 Å². The summed E-state index contributed by atoms with van der Waals surface area (Å²) < 4.78 is 52.9. The van der Waals surface area contributed by atoms with Crippen LogP contribution in [-0.4, -0.2) is 230 Å². The maximum Gasteiger partial charge on any atom is 0.187 e. The largest absolute Gasteiger partial charge is 0.394 e. The highest BCUT2D eigenvalue weighted by Crippen LogP contribution is 2.45. The van der Waals surface area contributed by atoms with E-state index < -0.39 is 160 Å². The van der Waals surface area contributed by atoms with Crippen molar-refractivity contribution in [3.63, 3.8) is 0 Å². The number of fused-ring (bicyclic) bond motifs is 1. The van der Waals surface area contributed by atoms with Gasteiger partial charge in [0.1, 0.15) is 73.2 Å². The molecule has 2 aliphatic carbocycles. The van der Waals surface area contributed by atoms with Gasteiger partial charge in [0, 0.05) is 26.6 Å². The molecule has 0 aromatic heterocycles. The predicted molar refractivity (Wildman–Crippen MR) is 176 cm³/mol. The van der Waals surface area contributed by atoms with E-state index in [0.717, 1.165) is 0 Å². The first kappa shape index (κ1) is 43.7. The highest BCUT2D eigenvalue weighted by Gasteiger charge is 2.55. The maximum atomic E-state index is 11.1. The van der Waals surface area contributed by atoms with E-state index in [1.807, 2.05) is 0 Å². The van der Waals surface area contributed by atoms with Gasteiger partial charge >= 0.3 is 0 Å². The topological polar surface area (TPSA) is 326 Å². The zero-order chi connectivity index (χ0) is 39.9. The third-order valence-electron chi connectivity index (χ3n) is 12.1. The van der Waals surface area contributed by atoms with Crippen molar-refractivity contribution in [1.29, 1.82) is 0 Å². The molecule has 21 heteroatoms. The standard InChI is InChI=1S/C34H58O21/c1-47-17-3-11(4-18(48-2)23(17)39)31-19(53-34-30(46)27(43)25(41)21(55-34)10-50-32-28(44)22(38)14(37)9-49-32)7-13-15(51-31)5-12(36)6-16(13)52-33-29(45)26(42)24(40)20(8-35)54-33/h11-46H,3-10H2,1-2H3.